The molecule has 3 aromatic rings. The van der Waals surface area contributed by atoms with Gasteiger partial charge in [-0.2, -0.15) is 5.10 Å². The Bertz CT molecular complexity index is 1450. The van der Waals surface area contributed by atoms with Crippen LogP contribution >= 0.6 is 15.9 Å². The number of ketones is 2. The summed E-state index contributed by atoms with van der Waals surface area (Å²) >= 11 is 3.48. The fourth-order valence-corrected chi connectivity index (χ4v) is 6.42. The zero-order valence-corrected chi connectivity index (χ0v) is 22.2. The molecule has 0 saturated carbocycles. The van der Waals surface area contributed by atoms with E-state index in [0.29, 0.717) is 16.7 Å². The van der Waals surface area contributed by atoms with Crippen molar-refractivity contribution in [2.75, 3.05) is 0 Å². The van der Waals surface area contributed by atoms with Crippen molar-refractivity contribution >= 4 is 39.7 Å². The highest BCUT2D eigenvalue weighted by atomic mass is 79.9. The molecule has 0 aromatic heterocycles. The molecule has 0 radical (unpaired) electrons. The second-order valence-corrected chi connectivity index (χ2v) is 11.7. The molecular formula is C30H25BrN2O4. The summed E-state index contributed by atoms with van der Waals surface area (Å²) in [7, 11) is 0. The third-order valence-corrected chi connectivity index (χ3v) is 7.98. The summed E-state index contributed by atoms with van der Waals surface area (Å²) in [5.74, 6) is -1.91. The van der Waals surface area contributed by atoms with Crippen molar-refractivity contribution < 1.29 is 19.1 Å². The first kappa shape index (κ1) is 23.8. The fourth-order valence-electron chi connectivity index (χ4n) is 6.15. The predicted molar refractivity (Wildman–Crippen MR) is 143 cm³/mol. The van der Waals surface area contributed by atoms with Crippen LogP contribution in [0.15, 0.2) is 82.4 Å². The SMILES string of the molecule is CC(C)(C)OC(=O)C1C(c2ccc(Br)cc2)C2(C(=O)c3ccccc3C2=O)C2c3ccccc3C=NN12. The Labute approximate surface area is 223 Å². The highest BCUT2D eigenvalue weighted by Crippen LogP contribution is 2.64. The van der Waals surface area contributed by atoms with Crippen molar-refractivity contribution in [1.82, 2.24) is 5.01 Å². The van der Waals surface area contributed by atoms with Crippen LogP contribution in [0.25, 0.3) is 0 Å². The average molecular weight is 557 g/mol. The molecular weight excluding hydrogens is 532 g/mol. The lowest BCUT2D eigenvalue weighted by Crippen LogP contribution is -2.44. The van der Waals surface area contributed by atoms with Crippen LogP contribution in [0.4, 0.5) is 0 Å². The molecule has 1 fully saturated rings. The smallest absolute Gasteiger partial charge is 0.331 e. The number of carbonyl (C=O) groups excluding carboxylic acids is 3. The number of fused-ring (bicyclic) bond motifs is 5. The lowest BCUT2D eigenvalue weighted by molar-refractivity contribution is -0.161. The molecule has 3 aliphatic rings. The van der Waals surface area contributed by atoms with Gasteiger partial charge in [0.05, 0.1) is 12.3 Å². The molecule has 186 valence electrons. The first-order valence-corrected chi connectivity index (χ1v) is 13.0. The predicted octanol–water partition coefficient (Wildman–Crippen LogP) is 5.71. The van der Waals surface area contributed by atoms with E-state index >= 15 is 0 Å². The molecule has 1 aliphatic carbocycles. The summed E-state index contributed by atoms with van der Waals surface area (Å²) < 4.78 is 6.75. The van der Waals surface area contributed by atoms with Crippen LogP contribution in [-0.2, 0) is 9.53 Å². The summed E-state index contributed by atoms with van der Waals surface area (Å²) in [5, 5.41) is 6.35. The van der Waals surface area contributed by atoms with Crippen LogP contribution in [0.3, 0.4) is 0 Å². The topological polar surface area (TPSA) is 76.0 Å². The Kier molecular flexibility index (Phi) is 5.28. The number of rotatable bonds is 2. The van der Waals surface area contributed by atoms with Gasteiger partial charge in [-0.1, -0.05) is 76.6 Å². The summed E-state index contributed by atoms with van der Waals surface area (Å²) in [6, 6.07) is 20.2. The summed E-state index contributed by atoms with van der Waals surface area (Å²) in [5.41, 5.74) is 0.719. The molecule has 0 bridgehead atoms. The van der Waals surface area contributed by atoms with E-state index in [0.717, 1.165) is 15.6 Å². The Morgan fingerprint density at radius 3 is 2.14 bits per heavy atom. The summed E-state index contributed by atoms with van der Waals surface area (Å²) in [4.78, 5) is 43.0. The molecule has 37 heavy (non-hydrogen) atoms. The van der Waals surface area contributed by atoms with Gasteiger partial charge in [0, 0.05) is 21.5 Å². The third-order valence-electron chi connectivity index (χ3n) is 7.45. The highest BCUT2D eigenvalue weighted by molar-refractivity contribution is 9.10. The van der Waals surface area contributed by atoms with E-state index < -0.39 is 35.0 Å². The van der Waals surface area contributed by atoms with E-state index in [9.17, 15) is 14.4 Å². The van der Waals surface area contributed by atoms with Gasteiger partial charge in [-0.3, -0.25) is 14.6 Å². The van der Waals surface area contributed by atoms with E-state index in [1.54, 1.807) is 56.3 Å². The van der Waals surface area contributed by atoms with Crippen molar-refractivity contribution in [3.8, 4) is 0 Å². The number of ether oxygens (including phenoxy) is 1. The molecule has 0 amide bonds. The minimum atomic E-state index is -1.59. The number of carbonyl (C=O) groups is 3. The molecule has 2 aliphatic heterocycles. The van der Waals surface area contributed by atoms with Gasteiger partial charge in [-0.15, -0.1) is 0 Å². The van der Waals surface area contributed by atoms with Crippen molar-refractivity contribution in [3.05, 3.63) is 105 Å². The highest BCUT2D eigenvalue weighted by Gasteiger charge is 2.73. The van der Waals surface area contributed by atoms with Gasteiger partial charge in [0.25, 0.3) is 0 Å². The number of Topliss-reactive ketones (excluding diaryl/α,β-unsaturated/α-hetero) is 2. The minimum absolute atomic E-state index is 0.283. The minimum Gasteiger partial charge on any atom is -0.458 e. The van der Waals surface area contributed by atoms with Gasteiger partial charge in [0.2, 0.25) is 0 Å². The van der Waals surface area contributed by atoms with E-state index in [2.05, 4.69) is 15.9 Å². The van der Waals surface area contributed by atoms with Crippen LogP contribution in [0.5, 0.6) is 0 Å². The van der Waals surface area contributed by atoms with Crippen LogP contribution in [0.2, 0.25) is 0 Å². The van der Waals surface area contributed by atoms with Crippen molar-refractivity contribution in [2.45, 2.75) is 44.4 Å². The van der Waals surface area contributed by atoms with Crippen LogP contribution < -0.4 is 0 Å². The standard InChI is InChI=1S/C30H25BrN2O4/c1-29(2,3)37-28(36)24-23(17-12-14-19(31)15-13-17)30(26(34)21-10-6-7-11-22(21)27(30)35)25-20-9-5-4-8-18(20)16-32-33(24)25/h4-16,23-25H,1-3H3. The Morgan fingerprint density at radius 2 is 1.51 bits per heavy atom. The fraction of sp³-hybridized carbons (Fsp3) is 0.267. The second kappa shape index (κ2) is 8.21. The Hall–Kier alpha value is -3.58. The van der Waals surface area contributed by atoms with E-state index in [1.807, 2.05) is 48.5 Å². The molecule has 3 unspecified atom stereocenters. The number of hydrogen-bond acceptors (Lipinski definition) is 6. The third kappa shape index (κ3) is 3.37. The maximum absolute atomic E-state index is 14.5. The second-order valence-electron chi connectivity index (χ2n) is 10.7. The molecule has 3 atom stereocenters. The zero-order chi connectivity index (χ0) is 26.1. The Morgan fingerprint density at radius 1 is 0.919 bits per heavy atom. The van der Waals surface area contributed by atoms with Crippen molar-refractivity contribution in [2.24, 2.45) is 10.5 Å². The largest absolute Gasteiger partial charge is 0.458 e. The molecule has 1 saturated heterocycles. The number of nitrogens with zero attached hydrogens (tertiary/aromatic N) is 2. The van der Waals surface area contributed by atoms with Crippen molar-refractivity contribution in [3.63, 3.8) is 0 Å². The maximum atomic E-state index is 14.5. The van der Waals surface area contributed by atoms with Crippen LogP contribution in [0.1, 0.15) is 70.1 Å². The van der Waals surface area contributed by atoms with Gasteiger partial charge in [-0.25, -0.2) is 4.79 Å². The van der Waals surface area contributed by atoms with Crippen LogP contribution in [-0.4, -0.2) is 40.4 Å². The molecule has 2 heterocycles. The molecule has 3 aromatic carbocycles. The lowest BCUT2D eigenvalue weighted by atomic mass is 9.63. The maximum Gasteiger partial charge on any atom is 0.331 e. The normalized spacial score (nSPS) is 23.1. The molecule has 6 rings (SSSR count). The van der Waals surface area contributed by atoms with E-state index in [-0.39, 0.29) is 11.6 Å². The monoisotopic (exact) mass is 556 g/mol. The van der Waals surface area contributed by atoms with Gasteiger partial charge in [-0.05, 0) is 49.6 Å². The van der Waals surface area contributed by atoms with Gasteiger partial charge < -0.3 is 4.74 Å². The number of hydrazone groups is 1. The van der Waals surface area contributed by atoms with Gasteiger partial charge >= 0.3 is 5.97 Å². The Balaban J connectivity index is 1.67. The number of halogens is 1. The molecule has 0 N–H and O–H groups in total. The summed E-state index contributed by atoms with van der Waals surface area (Å²) in [6.45, 7) is 5.41. The zero-order valence-electron chi connectivity index (χ0n) is 20.6. The molecule has 1 spiro atoms. The van der Waals surface area contributed by atoms with Gasteiger partial charge in [0.15, 0.2) is 17.6 Å². The number of esters is 1. The molecule has 7 heteroatoms. The molecule has 6 nitrogen and oxygen atoms in total. The number of hydrogen-bond donors (Lipinski definition) is 0. The van der Waals surface area contributed by atoms with Crippen LogP contribution in [0, 0.1) is 5.41 Å². The van der Waals surface area contributed by atoms with E-state index in [1.165, 1.54) is 0 Å². The van der Waals surface area contributed by atoms with Crippen molar-refractivity contribution in [1.29, 1.82) is 0 Å². The van der Waals surface area contributed by atoms with Gasteiger partial charge in [0.1, 0.15) is 11.0 Å². The summed E-state index contributed by atoms with van der Waals surface area (Å²) in [6.07, 6.45) is 1.69. The first-order valence-electron chi connectivity index (χ1n) is 12.2. The lowest BCUT2D eigenvalue weighted by Gasteiger charge is -2.36. The average Bonchev–Trinajstić information content (AvgIpc) is 3.30. The van der Waals surface area contributed by atoms with E-state index in [4.69, 9.17) is 9.84 Å². The number of benzene rings is 3. The first-order chi connectivity index (χ1) is 17.6. The quantitative estimate of drug-likeness (QED) is 0.298.